The summed E-state index contributed by atoms with van der Waals surface area (Å²) >= 11 is 1.80. The van der Waals surface area contributed by atoms with E-state index in [0.717, 1.165) is 25.4 Å². The minimum Gasteiger partial charge on any atom is -0.330 e. The van der Waals surface area contributed by atoms with E-state index in [1.54, 1.807) is 11.8 Å². The Morgan fingerprint density at radius 2 is 2.38 bits per heavy atom. The van der Waals surface area contributed by atoms with E-state index in [1.165, 1.54) is 0 Å². The van der Waals surface area contributed by atoms with Crippen LogP contribution in [0, 0.1) is 0 Å². The lowest BCUT2D eigenvalue weighted by molar-refractivity contribution is 0.722. The maximum atomic E-state index is 5.26. The van der Waals surface area contributed by atoms with Crippen LogP contribution in [0.3, 0.4) is 0 Å². The maximum absolute atomic E-state index is 5.26. The Morgan fingerprint density at radius 1 is 1.62 bits per heavy atom. The topological polar surface area (TPSA) is 38.0 Å². The highest BCUT2D eigenvalue weighted by molar-refractivity contribution is 7.98. The van der Waals surface area contributed by atoms with Gasteiger partial charge < -0.3 is 11.1 Å². The third kappa shape index (κ3) is 6.27. The second-order valence-electron chi connectivity index (χ2n) is 1.58. The highest BCUT2D eigenvalue weighted by atomic mass is 32.2. The molecule has 0 radical (unpaired) electrons. The predicted molar refractivity (Wildman–Crippen MR) is 40.1 cm³/mol. The monoisotopic (exact) mass is 134 g/mol. The minimum absolute atomic E-state index is 0.793. The molecular weight excluding hydrogens is 120 g/mol. The fraction of sp³-hybridized carbons (Fsp3) is 1.00. The van der Waals surface area contributed by atoms with Crippen molar-refractivity contribution in [2.75, 3.05) is 25.2 Å². The first-order chi connectivity index (χ1) is 3.91. The Bertz CT molecular complexity index is 35.4. The molecule has 0 unspecified atom stereocenters. The lowest BCUT2D eigenvalue weighted by atomic mass is 10.4. The summed E-state index contributed by atoms with van der Waals surface area (Å²) in [5.41, 5.74) is 5.26. The molecule has 0 aliphatic heterocycles. The predicted octanol–water partition coefficient (Wildman–Crippen LogP) is 0.245. The van der Waals surface area contributed by atoms with Crippen LogP contribution in [-0.2, 0) is 0 Å². The summed E-state index contributed by atoms with van der Waals surface area (Å²) in [7, 11) is 0. The van der Waals surface area contributed by atoms with Gasteiger partial charge >= 0.3 is 0 Å². The van der Waals surface area contributed by atoms with Gasteiger partial charge in [-0.25, -0.2) is 0 Å². The molecule has 0 fully saturated rings. The normalized spacial score (nSPS) is 9.75. The van der Waals surface area contributed by atoms with Gasteiger partial charge in [0.15, 0.2) is 0 Å². The molecule has 0 bridgehead atoms. The molecule has 0 aliphatic rings. The standard InChI is InChI=1S/C5H14N2S/c1-8-5-7-4-2-3-6/h7H,2-6H2,1H3. The lowest BCUT2D eigenvalue weighted by Crippen LogP contribution is -2.17. The van der Waals surface area contributed by atoms with Crippen LogP contribution in [0.4, 0.5) is 0 Å². The van der Waals surface area contributed by atoms with Crippen molar-refractivity contribution >= 4 is 11.8 Å². The molecule has 50 valence electrons. The van der Waals surface area contributed by atoms with Crippen LogP contribution in [0.15, 0.2) is 0 Å². The molecule has 0 atom stereocenters. The van der Waals surface area contributed by atoms with Crippen LogP contribution < -0.4 is 11.1 Å². The van der Waals surface area contributed by atoms with Gasteiger partial charge in [0.25, 0.3) is 0 Å². The van der Waals surface area contributed by atoms with Crippen molar-refractivity contribution in [1.82, 2.24) is 5.32 Å². The lowest BCUT2D eigenvalue weighted by Gasteiger charge is -1.97. The Labute approximate surface area is 55.2 Å². The van der Waals surface area contributed by atoms with Gasteiger partial charge in [0.05, 0.1) is 0 Å². The third-order valence-electron chi connectivity index (χ3n) is 0.804. The van der Waals surface area contributed by atoms with Gasteiger partial charge in [-0.1, -0.05) is 0 Å². The van der Waals surface area contributed by atoms with E-state index in [9.17, 15) is 0 Å². The molecule has 2 nitrogen and oxygen atoms in total. The molecule has 0 aromatic carbocycles. The number of hydrogen-bond acceptors (Lipinski definition) is 3. The van der Waals surface area contributed by atoms with E-state index in [-0.39, 0.29) is 0 Å². The first-order valence-electron chi connectivity index (χ1n) is 2.81. The van der Waals surface area contributed by atoms with E-state index in [4.69, 9.17) is 5.73 Å². The van der Waals surface area contributed by atoms with Crippen molar-refractivity contribution in [2.45, 2.75) is 6.42 Å². The zero-order valence-corrected chi connectivity index (χ0v) is 6.13. The highest BCUT2D eigenvalue weighted by Gasteiger charge is 1.80. The Hall–Kier alpha value is 0.270. The van der Waals surface area contributed by atoms with Crippen LogP contribution >= 0.6 is 11.8 Å². The van der Waals surface area contributed by atoms with Crippen LogP contribution in [-0.4, -0.2) is 25.2 Å². The van der Waals surface area contributed by atoms with E-state index >= 15 is 0 Å². The van der Waals surface area contributed by atoms with Crippen molar-refractivity contribution in [1.29, 1.82) is 0 Å². The average Bonchev–Trinajstić information content (AvgIpc) is 1.81. The van der Waals surface area contributed by atoms with E-state index in [0.29, 0.717) is 0 Å². The molecule has 0 spiro atoms. The Morgan fingerprint density at radius 3 is 2.88 bits per heavy atom. The van der Waals surface area contributed by atoms with Crippen molar-refractivity contribution in [3.8, 4) is 0 Å². The second-order valence-corrected chi connectivity index (χ2v) is 2.44. The molecule has 0 heterocycles. The maximum Gasteiger partial charge on any atom is 0.0415 e. The quantitative estimate of drug-likeness (QED) is 0.418. The number of thioether (sulfide) groups is 1. The molecule has 0 aromatic rings. The highest BCUT2D eigenvalue weighted by Crippen LogP contribution is 1.84. The molecule has 3 N–H and O–H groups in total. The molecule has 0 aliphatic carbocycles. The summed E-state index contributed by atoms with van der Waals surface area (Å²) in [5.74, 6) is 1.04. The largest absolute Gasteiger partial charge is 0.330 e. The molecule has 8 heavy (non-hydrogen) atoms. The van der Waals surface area contributed by atoms with Gasteiger partial charge in [0.2, 0.25) is 0 Å². The number of nitrogens with one attached hydrogen (secondary N) is 1. The number of hydrogen-bond donors (Lipinski definition) is 2. The second kappa shape index (κ2) is 7.27. The molecule has 0 saturated heterocycles. The summed E-state index contributed by atoms with van der Waals surface area (Å²) < 4.78 is 0. The molecular formula is C5H14N2S. The smallest absolute Gasteiger partial charge is 0.0415 e. The van der Waals surface area contributed by atoms with Crippen LogP contribution in [0.1, 0.15) is 6.42 Å². The molecule has 0 rings (SSSR count). The first kappa shape index (κ1) is 8.27. The minimum atomic E-state index is 0.793. The van der Waals surface area contributed by atoms with Crippen LogP contribution in [0.25, 0.3) is 0 Å². The van der Waals surface area contributed by atoms with E-state index in [2.05, 4.69) is 11.6 Å². The third-order valence-corrected chi connectivity index (χ3v) is 1.30. The Balaban J connectivity index is 2.53. The van der Waals surface area contributed by atoms with Gasteiger partial charge in [0.1, 0.15) is 0 Å². The van der Waals surface area contributed by atoms with Crippen molar-refractivity contribution in [3.63, 3.8) is 0 Å². The number of nitrogens with two attached hydrogens (primary N) is 1. The zero-order chi connectivity index (χ0) is 6.24. The van der Waals surface area contributed by atoms with Gasteiger partial charge in [-0.3, -0.25) is 0 Å². The van der Waals surface area contributed by atoms with Crippen LogP contribution in [0.5, 0.6) is 0 Å². The summed E-state index contributed by atoms with van der Waals surface area (Å²) in [4.78, 5) is 0. The van der Waals surface area contributed by atoms with Crippen molar-refractivity contribution in [2.24, 2.45) is 5.73 Å². The fourth-order valence-corrected chi connectivity index (χ4v) is 0.750. The summed E-state index contributed by atoms with van der Waals surface area (Å²) in [6.07, 6.45) is 3.16. The van der Waals surface area contributed by atoms with Crippen molar-refractivity contribution in [3.05, 3.63) is 0 Å². The molecule has 3 heteroatoms. The van der Waals surface area contributed by atoms with Gasteiger partial charge in [0, 0.05) is 5.88 Å². The fourth-order valence-electron chi connectivity index (χ4n) is 0.401. The summed E-state index contributed by atoms with van der Waals surface area (Å²) in [6, 6.07) is 0. The summed E-state index contributed by atoms with van der Waals surface area (Å²) in [5, 5.41) is 3.22. The molecule has 0 amide bonds. The van der Waals surface area contributed by atoms with E-state index in [1.807, 2.05) is 0 Å². The first-order valence-corrected chi connectivity index (χ1v) is 4.21. The average molecular weight is 134 g/mol. The zero-order valence-electron chi connectivity index (χ0n) is 5.31. The van der Waals surface area contributed by atoms with Gasteiger partial charge in [-0.05, 0) is 25.8 Å². The van der Waals surface area contributed by atoms with E-state index < -0.39 is 0 Å². The number of rotatable bonds is 5. The van der Waals surface area contributed by atoms with Crippen LogP contribution in [0.2, 0.25) is 0 Å². The summed E-state index contributed by atoms with van der Waals surface area (Å²) in [6.45, 7) is 1.85. The van der Waals surface area contributed by atoms with Crippen molar-refractivity contribution < 1.29 is 0 Å². The van der Waals surface area contributed by atoms with Gasteiger partial charge in [-0.15, -0.1) is 11.8 Å². The molecule has 0 saturated carbocycles. The SMILES string of the molecule is CSCNCCCN. The van der Waals surface area contributed by atoms with Gasteiger partial charge in [-0.2, -0.15) is 0 Å². The molecule has 0 aromatic heterocycles. The Kier molecular flexibility index (Phi) is 7.52.